The molecule has 4 nitrogen and oxygen atoms in total. The molecule has 212 valence electrons. The van der Waals surface area contributed by atoms with Gasteiger partial charge in [-0.3, -0.25) is 0 Å². The second-order valence-corrected chi connectivity index (χ2v) is 11.5. The smallest absolute Gasteiger partial charge is 0.365 e. The Morgan fingerprint density at radius 2 is 1.42 bits per heavy atom. The normalized spacial score (nSPS) is 13.2. The van der Waals surface area contributed by atoms with Gasteiger partial charge in [0.15, 0.2) is 6.04 Å². The van der Waals surface area contributed by atoms with E-state index in [2.05, 4.69) is 58.3 Å². The number of hydrogen-bond acceptors (Lipinski definition) is 3. The molecule has 2 aromatic carbocycles. The van der Waals surface area contributed by atoms with Crippen LogP contribution in [0.2, 0.25) is 0 Å². The molecule has 2 aromatic rings. The van der Waals surface area contributed by atoms with E-state index >= 15 is 0 Å². The summed E-state index contributed by atoms with van der Waals surface area (Å²) in [6.07, 6.45) is 14.7. The summed E-state index contributed by atoms with van der Waals surface area (Å²) in [5.74, 6) is 0.717. The second-order valence-electron chi connectivity index (χ2n) is 11.5. The van der Waals surface area contributed by atoms with Crippen LogP contribution in [0.5, 0.6) is 5.75 Å². The van der Waals surface area contributed by atoms with Gasteiger partial charge in [-0.1, -0.05) is 108 Å². The van der Waals surface area contributed by atoms with Gasteiger partial charge in [0.1, 0.15) is 25.0 Å². The number of quaternary nitrogens is 1. The molecule has 0 aliphatic rings. The van der Waals surface area contributed by atoms with E-state index < -0.39 is 0 Å². The van der Waals surface area contributed by atoms with Gasteiger partial charge in [-0.2, -0.15) is 0 Å². The van der Waals surface area contributed by atoms with Crippen molar-refractivity contribution in [3.8, 4) is 5.75 Å². The zero-order chi connectivity index (χ0) is 27.6. The van der Waals surface area contributed by atoms with Crippen molar-refractivity contribution < 1.29 is 18.8 Å². The quantitative estimate of drug-likeness (QED) is 0.0989. The Balaban J connectivity index is 1.76. The third-order valence-electron chi connectivity index (χ3n) is 7.38. The Morgan fingerprint density at radius 3 is 2.08 bits per heavy atom. The van der Waals surface area contributed by atoms with E-state index in [1.165, 1.54) is 68.9 Å². The minimum atomic E-state index is -0.202. The van der Waals surface area contributed by atoms with Crippen molar-refractivity contribution in [3.05, 3.63) is 65.7 Å². The molecule has 0 aliphatic heterocycles. The second kappa shape index (κ2) is 18.0. The predicted octanol–water partition coefficient (Wildman–Crippen LogP) is 8.52. The van der Waals surface area contributed by atoms with Crippen LogP contribution in [0.3, 0.4) is 0 Å². The van der Waals surface area contributed by atoms with E-state index in [1.807, 2.05) is 31.2 Å². The van der Waals surface area contributed by atoms with Crippen molar-refractivity contribution in [3.63, 3.8) is 0 Å². The number of likely N-dealkylation sites (N-methyl/N-ethyl adjacent to an activating group) is 1. The minimum absolute atomic E-state index is 0.137. The van der Waals surface area contributed by atoms with Gasteiger partial charge in [-0.05, 0) is 43.9 Å². The van der Waals surface area contributed by atoms with Crippen LogP contribution in [-0.4, -0.2) is 43.3 Å². The molecule has 2 unspecified atom stereocenters. The van der Waals surface area contributed by atoms with Crippen molar-refractivity contribution in [1.82, 2.24) is 0 Å². The van der Waals surface area contributed by atoms with Crippen molar-refractivity contribution >= 4 is 5.97 Å². The molecule has 0 spiro atoms. The molecule has 38 heavy (non-hydrogen) atoms. The summed E-state index contributed by atoms with van der Waals surface area (Å²) in [4.78, 5) is 13.1. The first-order chi connectivity index (χ1) is 18.4. The Labute approximate surface area is 233 Å². The molecular formula is C34H54NO3+. The molecule has 0 N–H and O–H groups in total. The number of esters is 1. The molecular weight excluding hydrogens is 470 g/mol. The Kier molecular flexibility index (Phi) is 15.1. The third-order valence-corrected chi connectivity index (χ3v) is 7.38. The molecule has 2 atom stereocenters. The van der Waals surface area contributed by atoms with Crippen molar-refractivity contribution in [1.29, 1.82) is 0 Å². The van der Waals surface area contributed by atoms with Gasteiger partial charge < -0.3 is 14.0 Å². The summed E-state index contributed by atoms with van der Waals surface area (Å²) >= 11 is 0. The maximum atomic E-state index is 13.1. The van der Waals surface area contributed by atoms with Crippen LogP contribution >= 0.6 is 0 Å². The van der Waals surface area contributed by atoms with Gasteiger partial charge in [-0.15, -0.1) is 0 Å². The first kappa shape index (κ1) is 31.9. The molecule has 2 rings (SSSR count). The van der Waals surface area contributed by atoms with Crippen LogP contribution in [0.25, 0.3) is 0 Å². The maximum absolute atomic E-state index is 13.1. The molecule has 0 radical (unpaired) electrons. The van der Waals surface area contributed by atoms with Crippen LogP contribution in [0.4, 0.5) is 0 Å². The van der Waals surface area contributed by atoms with E-state index in [-0.39, 0.29) is 24.7 Å². The summed E-state index contributed by atoms with van der Waals surface area (Å²) in [5.41, 5.74) is 2.54. The van der Waals surface area contributed by atoms with Crippen molar-refractivity contribution in [2.45, 2.75) is 117 Å². The highest BCUT2D eigenvalue weighted by molar-refractivity contribution is 5.74. The number of nitrogens with zero attached hydrogens (tertiary/aromatic N) is 1. The van der Waals surface area contributed by atoms with Crippen LogP contribution < -0.4 is 4.74 Å². The van der Waals surface area contributed by atoms with Gasteiger partial charge in [-0.25, -0.2) is 4.79 Å². The maximum Gasteiger partial charge on any atom is 0.365 e. The van der Waals surface area contributed by atoms with E-state index in [9.17, 15) is 4.79 Å². The number of rotatable bonds is 20. The number of ether oxygens (including phenoxy) is 2. The van der Waals surface area contributed by atoms with Gasteiger partial charge >= 0.3 is 5.97 Å². The highest BCUT2D eigenvalue weighted by atomic mass is 16.6. The number of aryl methyl sites for hydroxylation is 1. The van der Waals surface area contributed by atoms with Gasteiger partial charge in [0.25, 0.3) is 0 Å². The number of benzene rings is 2. The fourth-order valence-corrected chi connectivity index (χ4v) is 5.17. The van der Waals surface area contributed by atoms with Crippen LogP contribution in [0.1, 0.15) is 103 Å². The summed E-state index contributed by atoms with van der Waals surface area (Å²) in [5, 5.41) is 0. The molecule has 0 aliphatic carbocycles. The van der Waals surface area contributed by atoms with Crippen LogP contribution in [0.15, 0.2) is 54.6 Å². The van der Waals surface area contributed by atoms with E-state index in [0.29, 0.717) is 4.48 Å². The number of hydrogen-bond donors (Lipinski definition) is 0. The van der Waals surface area contributed by atoms with E-state index in [1.54, 1.807) is 0 Å². The molecule has 4 heteroatoms. The number of carbonyl (C=O) groups is 1. The molecule has 0 saturated carbocycles. The summed E-state index contributed by atoms with van der Waals surface area (Å²) < 4.78 is 12.5. The zero-order valence-corrected chi connectivity index (χ0v) is 24.9. The average molecular weight is 525 g/mol. The SMILES string of the molecule is CCCCCCCCCCCc1cccc(OC(C)COC(=O)C(CCC)[N+](C)(C)Cc2ccccc2)c1. The lowest BCUT2D eigenvalue weighted by molar-refractivity contribution is -0.920. The summed E-state index contributed by atoms with van der Waals surface area (Å²) in [6.45, 7) is 7.41. The highest BCUT2D eigenvalue weighted by Crippen LogP contribution is 2.21. The monoisotopic (exact) mass is 524 g/mol. The molecule has 0 aromatic heterocycles. The lowest BCUT2D eigenvalue weighted by Crippen LogP contribution is -2.53. The first-order valence-corrected chi connectivity index (χ1v) is 15.1. The highest BCUT2D eigenvalue weighted by Gasteiger charge is 2.36. The molecule has 0 heterocycles. The minimum Gasteiger partial charge on any atom is -0.487 e. The predicted molar refractivity (Wildman–Crippen MR) is 159 cm³/mol. The number of unbranched alkanes of at least 4 members (excludes halogenated alkanes) is 8. The van der Waals surface area contributed by atoms with Gasteiger partial charge in [0.2, 0.25) is 0 Å². The zero-order valence-electron chi connectivity index (χ0n) is 24.9. The largest absolute Gasteiger partial charge is 0.487 e. The Morgan fingerprint density at radius 1 is 0.789 bits per heavy atom. The Hall–Kier alpha value is -2.33. The fourth-order valence-electron chi connectivity index (χ4n) is 5.17. The van der Waals surface area contributed by atoms with Crippen LogP contribution in [0, 0.1) is 0 Å². The lowest BCUT2D eigenvalue weighted by atomic mass is 10.0. The van der Waals surface area contributed by atoms with E-state index in [4.69, 9.17) is 9.47 Å². The van der Waals surface area contributed by atoms with Crippen LogP contribution in [-0.2, 0) is 22.5 Å². The average Bonchev–Trinajstić information content (AvgIpc) is 2.90. The molecule has 0 amide bonds. The lowest BCUT2D eigenvalue weighted by Gasteiger charge is -2.36. The molecule has 0 saturated heterocycles. The fraction of sp³-hybridized carbons (Fsp3) is 0.618. The number of carbonyl (C=O) groups excluding carboxylic acids is 1. The molecule has 0 fully saturated rings. The third kappa shape index (κ3) is 12.5. The first-order valence-electron chi connectivity index (χ1n) is 15.1. The standard InChI is InChI=1S/C34H54NO3/c1-6-8-9-10-11-12-13-14-16-21-30-24-19-25-32(26-30)38-29(3)28-37-34(36)33(20-7-2)35(4,5)27-31-22-17-15-18-23-31/h15,17-19,22-26,29,33H,6-14,16,20-21,27-28H2,1-5H3/q+1. The van der Waals surface area contributed by atoms with Gasteiger partial charge in [0, 0.05) is 12.0 Å². The summed E-state index contributed by atoms with van der Waals surface area (Å²) in [6, 6.07) is 18.5. The topological polar surface area (TPSA) is 35.5 Å². The van der Waals surface area contributed by atoms with Gasteiger partial charge in [0.05, 0.1) is 14.1 Å². The van der Waals surface area contributed by atoms with Crippen molar-refractivity contribution in [2.24, 2.45) is 0 Å². The summed E-state index contributed by atoms with van der Waals surface area (Å²) in [7, 11) is 4.24. The van der Waals surface area contributed by atoms with E-state index in [0.717, 1.165) is 31.6 Å². The Bertz CT molecular complexity index is 896. The van der Waals surface area contributed by atoms with Crippen molar-refractivity contribution in [2.75, 3.05) is 20.7 Å². The molecule has 0 bridgehead atoms.